The average molecular weight is 406 g/mol. The van der Waals surface area contributed by atoms with Gasteiger partial charge in [-0.25, -0.2) is 0 Å². The molecule has 0 saturated carbocycles. The summed E-state index contributed by atoms with van der Waals surface area (Å²) in [6, 6.07) is 35.9. The minimum atomic E-state index is -1.72. The molecule has 0 aliphatic heterocycles. The van der Waals surface area contributed by atoms with Crippen LogP contribution in [0.15, 0.2) is 97.1 Å². The Morgan fingerprint density at radius 1 is 0.600 bits per heavy atom. The molecule has 0 N–H and O–H groups in total. The third kappa shape index (κ3) is 3.00. The zero-order chi connectivity index (χ0) is 20.7. The Balaban J connectivity index is 1.60. The fourth-order valence-corrected chi connectivity index (χ4v) is 6.88. The first kappa shape index (κ1) is 18.9. The molecule has 1 nitrogen and oxygen atoms in total. The lowest BCUT2D eigenvalue weighted by Gasteiger charge is -2.24. The van der Waals surface area contributed by atoms with E-state index in [1.807, 2.05) is 0 Å². The Morgan fingerprint density at radius 2 is 1.07 bits per heavy atom. The SMILES string of the molecule is CCc1ccc([Si](C)(C)c2ccc(-n3c4ccccc4c4ccccc43)cc2)cc1. The van der Waals surface area contributed by atoms with Gasteiger partial charge in [-0.05, 0) is 36.2 Å². The highest BCUT2D eigenvalue weighted by atomic mass is 28.3. The van der Waals surface area contributed by atoms with E-state index in [0.717, 1.165) is 6.42 Å². The summed E-state index contributed by atoms with van der Waals surface area (Å²) in [4.78, 5) is 0. The second kappa shape index (κ2) is 7.30. The molecule has 0 aliphatic rings. The molecule has 0 aliphatic carbocycles. The Morgan fingerprint density at radius 3 is 1.57 bits per heavy atom. The van der Waals surface area contributed by atoms with Crippen LogP contribution >= 0.6 is 0 Å². The van der Waals surface area contributed by atoms with Crippen LogP contribution in [-0.2, 0) is 6.42 Å². The van der Waals surface area contributed by atoms with Crippen molar-refractivity contribution in [1.82, 2.24) is 4.57 Å². The van der Waals surface area contributed by atoms with Gasteiger partial charge in [0.1, 0.15) is 8.07 Å². The van der Waals surface area contributed by atoms with Gasteiger partial charge in [-0.3, -0.25) is 0 Å². The first-order valence-corrected chi connectivity index (χ1v) is 13.8. The predicted molar refractivity (Wildman–Crippen MR) is 133 cm³/mol. The summed E-state index contributed by atoms with van der Waals surface area (Å²) in [7, 11) is -1.72. The molecule has 0 bridgehead atoms. The molecule has 5 aromatic rings. The Kier molecular flexibility index (Phi) is 4.60. The van der Waals surface area contributed by atoms with Crippen molar-refractivity contribution in [3.05, 3.63) is 103 Å². The van der Waals surface area contributed by atoms with Gasteiger partial charge in [-0.1, -0.05) is 103 Å². The predicted octanol–water partition coefficient (Wildman–Crippen LogP) is 6.17. The first-order chi connectivity index (χ1) is 14.6. The van der Waals surface area contributed by atoms with Crippen LogP contribution in [0.3, 0.4) is 0 Å². The van der Waals surface area contributed by atoms with Crippen LogP contribution in [0.5, 0.6) is 0 Å². The largest absolute Gasteiger partial charge is 0.309 e. The topological polar surface area (TPSA) is 4.93 Å². The van der Waals surface area contributed by atoms with Crippen molar-refractivity contribution in [3.63, 3.8) is 0 Å². The molecule has 2 heteroatoms. The number of benzene rings is 4. The van der Waals surface area contributed by atoms with Crippen LogP contribution in [0.2, 0.25) is 13.1 Å². The number of fused-ring (bicyclic) bond motifs is 3. The van der Waals surface area contributed by atoms with Gasteiger partial charge in [-0.15, -0.1) is 0 Å². The molecule has 0 radical (unpaired) electrons. The normalized spacial score (nSPS) is 12.0. The van der Waals surface area contributed by atoms with Gasteiger partial charge in [0, 0.05) is 16.5 Å². The summed E-state index contributed by atoms with van der Waals surface area (Å²) in [5.41, 5.74) is 5.16. The van der Waals surface area contributed by atoms with E-state index in [0.29, 0.717) is 0 Å². The lowest BCUT2D eigenvalue weighted by Crippen LogP contribution is -2.52. The number of aryl methyl sites for hydroxylation is 1. The van der Waals surface area contributed by atoms with E-state index in [1.54, 1.807) is 0 Å². The Hall–Kier alpha value is -3.10. The van der Waals surface area contributed by atoms with Crippen molar-refractivity contribution in [2.75, 3.05) is 0 Å². The van der Waals surface area contributed by atoms with Crippen molar-refractivity contribution in [1.29, 1.82) is 0 Å². The van der Waals surface area contributed by atoms with Crippen molar-refractivity contribution in [2.45, 2.75) is 26.4 Å². The molecule has 0 saturated heterocycles. The number of hydrogen-bond donors (Lipinski definition) is 0. The van der Waals surface area contributed by atoms with Crippen LogP contribution in [0.1, 0.15) is 12.5 Å². The van der Waals surface area contributed by atoms with Crippen LogP contribution in [0.25, 0.3) is 27.5 Å². The Bertz CT molecular complexity index is 1270. The van der Waals surface area contributed by atoms with Gasteiger partial charge in [0.2, 0.25) is 0 Å². The number of rotatable bonds is 4. The molecule has 0 spiro atoms. The van der Waals surface area contributed by atoms with Gasteiger partial charge >= 0.3 is 0 Å². The summed E-state index contributed by atoms with van der Waals surface area (Å²) >= 11 is 0. The number of nitrogens with zero attached hydrogens (tertiary/aromatic N) is 1. The monoisotopic (exact) mass is 405 g/mol. The van der Waals surface area contributed by atoms with Gasteiger partial charge in [0.15, 0.2) is 0 Å². The third-order valence-corrected chi connectivity index (χ3v) is 10.1. The van der Waals surface area contributed by atoms with Gasteiger partial charge in [0.25, 0.3) is 0 Å². The van der Waals surface area contributed by atoms with E-state index in [1.165, 1.54) is 43.4 Å². The second-order valence-corrected chi connectivity index (χ2v) is 13.0. The van der Waals surface area contributed by atoms with E-state index in [4.69, 9.17) is 0 Å². The molecule has 1 aromatic heterocycles. The molecule has 0 amide bonds. The van der Waals surface area contributed by atoms with Crippen molar-refractivity contribution in [3.8, 4) is 5.69 Å². The van der Waals surface area contributed by atoms with E-state index < -0.39 is 8.07 Å². The summed E-state index contributed by atoms with van der Waals surface area (Å²) in [6.45, 7) is 7.11. The molecular weight excluding hydrogens is 378 g/mol. The van der Waals surface area contributed by atoms with Crippen LogP contribution in [-0.4, -0.2) is 12.6 Å². The fourth-order valence-electron chi connectivity index (χ4n) is 4.55. The van der Waals surface area contributed by atoms with Gasteiger partial charge in [-0.2, -0.15) is 0 Å². The standard InChI is InChI=1S/C28H27NSi/c1-4-21-13-17-23(18-14-21)30(2,3)24-19-15-22(16-20-24)29-27-11-7-5-9-25(27)26-10-6-8-12-28(26)29/h5-20H,4H2,1-3H3. The maximum absolute atomic E-state index is 2.45. The average Bonchev–Trinajstić information content (AvgIpc) is 3.14. The van der Waals surface area contributed by atoms with Crippen LogP contribution in [0, 0.1) is 0 Å². The maximum Gasteiger partial charge on any atom is 0.112 e. The van der Waals surface area contributed by atoms with E-state index in [9.17, 15) is 0 Å². The molecule has 4 aromatic carbocycles. The van der Waals surface area contributed by atoms with E-state index >= 15 is 0 Å². The highest BCUT2D eigenvalue weighted by Gasteiger charge is 2.26. The zero-order valence-electron chi connectivity index (χ0n) is 17.9. The van der Waals surface area contributed by atoms with Crippen molar-refractivity contribution >= 4 is 40.3 Å². The molecule has 148 valence electrons. The molecule has 30 heavy (non-hydrogen) atoms. The number of hydrogen-bond acceptors (Lipinski definition) is 0. The lowest BCUT2D eigenvalue weighted by molar-refractivity contribution is 1.14. The summed E-state index contributed by atoms with van der Waals surface area (Å²) in [5.74, 6) is 0. The highest BCUT2D eigenvalue weighted by molar-refractivity contribution is 7.00. The summed E-state index contributed by atoms with van der Waals surface area (Å²) < 4.78 is 2.39. The van der Waals surface area contributed by atoms with E-state index in [-0.39, 0.29) is 0 Å². The maximum atomic E-state index is 2.45. The minimum Gasteiger partial charge on any atom is -0.309 e. The quantitative estimate of drug-likeness (QED) is 0.315. The molecule has 1 heterocycles. The van der Waals surface area contributed by atoms with Gasteiger partial charge in [0.05, 0.1) is 11.0 Å². The van der Waals surface area contributed by atoms with E-state index in [2.05, 4.69) is 122 Å². The number of aromatic nitrogens is 1. The minimum absolute atomic E-state index is 1.09. The molecule has 0 atom stereocenters. The van der Waals surface area contributed by atoms with Crippen LogP contribution in [0.4, 0.5) is 0 Å². The van der Waals surface area contributed by atoms with Crippen molar-refractivity contribution in [2.24, 2.45) is 0 Å². The highest BCUT2D eigenvalue weighted by Crippen LogP contribution is 2.31. The molecule has 0 fully saturated rings. The Labute approximate surface area is 179 Å². The smallest absolute Gasteiger partial charge is 0.112 e. The third-order valence-electron chi connectivity index (χ3n) is 6.51. The molecule has 0 unspecified atom stereocenters. The lowest BCUT2D eigenvalue weighted by atomic mass is 10.2. The second-order valence-electron chi connectivity index (χ2n) is 8.59. The fraction of sp³-hybridized carbons (Fsp3) is 0.143. The molecule has 5 rings (SSSR count). The van der Waals surface area contributed by atoms with Crippen molar-refractivity contribution < 1.29 is 0 Å². The summed E-state index contributed by atoms with van der Waals surface area (Å²) in [5, 5.41) is 5.58. The zero-order valence-corrected chi connectivity index (χ0v) is 18.9. The summed E-state index contributed by atoms with van der Waals surface area (Å²) in [6.07, 6.45) is 1.09. The van der Waals surface area contributed by atoms with Gasteiger partial charge < -0.3 is 4.57 Å². The molecular formula is C28H27NSi. The van der Waals surface area contributed by atoms with Crippen LogP contribution < -0.4 is 10.4 Å². The number of para-hydroxylation sites is 2. The first-order valence-electron chi connectivity index (χ1n) is 10.8.